The molecule has 158 valence electrons. The molecule has 1 amide bonds. The highest BCUT2D eigenvalue weighted by Crippen LogP contribution is 2.34. The minimum absolute atomic E-state index is 0.0387. The maximum atomic E-state index is 12.9. The van der Waals surface area contributed by atoms with Gasteiger partial charge in [-0.1, -0.05) is 24.2 Å². The number of carbonyl (C=O) groups excluding carboxylic acids is 1. The number of amides is 1. The molecule has 8 nitrogen and oxygen atoms in total. The summed E-state index contributed by atoms with van der Waals surface area (Å²) in [6, 6.07) is 12.3. The number of halogens is 1. The smallest absolute Gasteiger partial charge is 0.283 e. The van der Waals surface area contributed by atoms with Crippen molar-refractivity contribution >= 4 is 62.6 Å². The highest BCUT2D eigenvalue weighted by Gasteiger charge is 2.39. The third-order valence-electron chi connectivity index (χ3n) is 4.22. The van der Waals surface area contributed by atoms with Crippen LogP contribution in [0.3, 0.4) is 0 Å². The minimum Gasteiger partial charge on any atom is -0.368 e. The Bertz CT molecular complexity index is 1280. The molecule has 0 spiro atoms. The Morgan fingerprint density at radius 3 is 2.48 bits per heavy atom. The predicted octanol–water partition coefficient (Wildman–Crippen LogP) is 3.14. The van der Waals surface area contributed by atoms with Gasteiger partial charge in [-0.25, -0.2) is 0 Å². The van der Waals surface area contributed by atoms with Gasteiger partial charge in [0, 0.05) is 19.8 Å². The maximum Gasteiger partial charge on any atom is 0.283 e. The van der Waals surface area contributed by atoms with E-state index in [4.69, 9.17) is 29.1 Å². The highest BCUT2D eigenvalue weighted by molar-refractivity contribution is 7.90. The Hall–Kier alpha value is -3.26. The lowest BCUT2D eigenvalue weighted by molar-refractivity contribution is -0.113. The molecule has 1 aliphatic rings. The summed E-state index contributed by atoms with van der Waals surface area (Å²) in [6.07, 6.45) is 1.18. The van der Waals surface area contributed by atoms with Gasteiger partial charge in [0.2, 0.25) is 0 Å². The summed E-state index contributed by atoms with van der Waals surface area (Å²) in [5.41, 5.74) is 1.00. The number of anilines is 2. The Kier molecular flexibility index (Phi) is 6.13. The number of hydrogen-bond donors (Lipinski definition) is 0. The van der Waals surface area contributed by atoms with Gasteiger partial charge in [0.15, 0.2) is 5.11 Å². The number of carbonyl (C=O) groups is 1. The quantitative estimate of drug-likeness (QED) is 0.285. The Morgan fingerprint density at radius 1 is 1.19 bits per heavy atom. The monoisotopic (exact) mass is 473 g/mol. The molecule has 3 rings (SSSR count). The molecule has 0 atom stereocenters. The summed E-state index contributed by atoms with van der Waals surface area (Å²) < 4.78 is 28.6. The summed E-state index contributed by atoms with van der Waals surface area (Å²) in [5.74, 6) is -0.496. The molecule has 0 bridgehead atoms. The van der Waals surface area contributed by atoms with Crippen LogP contribution in [0.25, 0.3) is 0 Å². The van der Waals surface area contributed by atoms with Crippen molar-refractivity contribution in [3.05, 3.63) is 65.3 Å². The van der Waals surface area contributed by atoms with E-state index in [9.17, 15) is 13.2 Å². The Labute approximate surface area is 190 Å². The first-order valence-corrected chi connectivity index (χ1v) is 10.9. The third-order valence-corrected chi connectivity index (χ3v) is 6.12. The van der Waals surface area contributed by atoms with Crippen molar-refractivity contribution in [2.24, 2.45) is 4.40 Å². The second-order valence-corrected chi connectivity index (χ2v) is 9.04. The van der Waals surface area contributed by atoms with E-state index < -0.39 is 15.9 Å². The third kappa shape index (κ3) is 4.29. The molecule has 0 radical (unpaired) electrons. The SMILES string of the molecule is C=C1C(=O)N(c2ccc(C#N)c(Cl)c2)C(=S)N1c1cccc(S(=O)(=O)N=CN(C)C)c1. The molecule has 0 aromatic heterocycles. The number of nitriles is 1. The van der Waals surface area contributed by atoms with Crippen LogP contribution >= 0.6 is 23.8 Å². The number of rotatable bonds is 5. The molecule has 1 saturated heterocycles. The van der Waals surface area contributed by atoms with Crippen LogP contribution in [-0.4, -0.2) is 44.8 Å². The zero-order chi connectivity index (χ0) is 22.9. The van der Waals surface area contributed by atoms with Crippen LogP contribution in [0.15, 0.2) is 64.0 Å². The van der Waals surface area contributed by atoms with Crippen LogP contribution in [0.1, 0.15) is 5.56 Å². The molecular formula is C20H16ClN5O3S2. The van der Waals surface area contributed by atoms with E-state index in [0.717, 1.165) is 0 Å². The number of benzene rings is 2. The van der Waals surface area contributed by atoms with Crippen LogP contribution in [0.4, 0.5) is 11.4 Å². The van der Waals surface area contributed by atoms with E-state index >= 15 is 0 Å². The van der Waals surface area contributed by atoms with E-state index in [1.807, 2.05) is 6.07 Å². The summed E-state index contributed by atoms with van der Waals surface area (Å²) >= 11 is 11.6. The van der Waals surface area contributed by atoms with Crippen molar-refractivity contribution in [2.45, 2.75) is 4.90 Å². The molecule has 1 aliphatic heterocycles. The summed E-state index contributed by atoms with van der Waals surface area (Å²) in [5, 5.41) is 9.29. The zero-order valence-electron chi connectivity index (χ0n) is 16.5. The molecule has 1 heterocycles. The van der Waals surface area contributed by atoms with Gasteiger partial charge in [-0.3, -0.25) is 14.6 Å². The zero-order valence-corrected chi connectivity index (χ0v) is 18.9. The van der Waals surface area contributed by atoms with E-state index in [2.05, 4.69) is 11.0 Å². The molecule has 0 saturated carbocycles. The number of hydrogen-bond acceptors (Lipinski definition) is 5. The average Bonchev–Trinajstić information content (AvgIpc) is 2.95. The summed E-state index contributed by atoms with van der Waals surface area (Å²) in [6.45, 7) is 3.80. The van der Waals surface area contributed by atoms with Crippen LogP contribution in [-0.2, 0) is 14.8 Å². The van der Waals surface area contributed by atoms with Crippen molar-refractivity contribution in [2.75, 3.05) is 23.9 Å². The lowest BCUT2D eigenvalue weighted by Gasteiger charge is -2.20. The standard InChI is InChI=1S/C20H16ClN5O3S2/c1-13-19(27)26(16-8-7-14(11-22)18(21)10-16)20(30)25(13)15-5-4-6-17(9-15)31(28,29)23-12-24(2)3/h4-10,12H,1H2,2-3H3. The first-order chi connectivity index (χ1) is 14.6. The molecule has 2 aromatic carbocycles. The molecule has 31 heavy (non-hydrogen) atoms. The molecule has 0 unspecified atom stereocenters. The molecular weight excluding hydrogens is 458 g/mol. The topological polar surface area (TPSA) is 97.1 Å². The number of nitrogens with zero attached hydrogens (tertiary/aromatic N) is 5. The fourth-order valence-electron chi connectivity index (χ4n) is 2.76. The Morgan fingerprint density at radius 2 is 1.87 bits per heavy atom. The van der Waals surface area contributed by atoms with Gasteiger partial charge >= 0.3 is 0 Å². The van der Waals surface area contributed by atoms with E-state index in [-0.39, 0.29) is 26.3 Å². The first-order valence-electron chi connectivity index (χ1n) is 8.71. The second kappa shape index (κ2) is 8.47. The molecule has 1 fully saturated rings. The highest BCUT2D eigenvalue weighted by atomic mass is 35.5. The fraction of sp³-hybridized carbons (Fsp3) is 0.100. The van der Waals surface area contributed by atoms with Crippen LogP contribution < -0.4 is 9.80 Å². The molecule has 11 heteroatoms. The number of sulfonamides is 1. The predicted molar refractivity (Wildman–Crippen MR) is 124 cm³/mol. The van der Waals surface area contributed by atoms with Gasteiger partial charge in [0.1, 0.15) is 18.1 Å². The van der Waals surface area contributed by atoms with Gasteiger partial charge in [-0.2, -0.15) is 13.7 Å². The fourth-order valence-corrected chi connectivity index (χ4v) is 4.33. The van der Waals surface area contributed by atoms with Crippen molar-refractivity contribution in [3.8, 4) is 6.07 Å². The minimum atomic E-state index is -3.95. The van der Waals surface area contributed by atoms with Crippen LogP contribution in [0.2, 0.25) is 5.02 Å². The van der Waals surface area contributed by atoms with E-state index in [0.29, 0.717) is 11.4 Å². The normalized spacial score (nSPS) is 14.5. The largest absolute Gasteiger partial charge is 0.368 e. The summed E-state index contributed by atoms with van der Waals surface area (Å²) in [7, 11) is -0.652. The second-order valence-electron chi connectivity index (χ2n) is 6.64. The van der Waals surface area contributed by atoms with Crippen LogP contribution in [0, 0.1) is 11.3 Å². The molecule has 2 aromatic rings. The molecule has 0 N–H and O–H groups in total. The average molecular weight is 474 g/mol. The number of thiocarbonyl (C=S) groups is 1. The van der Waals surface area contributed by atoms with E-state index in [1.54, 1.807) is 26.2 Å². The van der Waals surface area contributed by atoms with Gasteiger partial charge in [0.25, 0.3) is 15.9 Å². The Balaban J connectivity index is 2.01. The van der Waals surface area contributed by atoms with Crippen molar-refractivity contribution < 1.29 is 13.2 Å². The molecule has 0 aliphatic carbocycles. The maximum absolute atomic E-state index is 12.9. The summed E-state index contributed by atoms with van der Waals surface area (Å²) in [4.78, 5) is 16.9. The van der Waals surface area contributed by atoms with Gasteiger partial charge < -0.3 is 4.90 Å². The van der Waals surface area contributed by atoms with Gasteiger partial charge in [-0.05, 0) is 48.6 Å². The van der Waals surface area contributed by atoms with Gasteiger partial charge in [-0.15, -0.1) is 4.40 Å². The van der Waals surface area contributed by atoms with E-state index in [1.165, 1.54) is 51.4 Å². The van der Waals surface area contributed by atoms with Gasteiger partial charge in [0.05, 0.1) is 21.2 Å². The van der Waals surface area contributed by atoms with Crippen molar-refractivity contribution in [1.82, 2.24) is 4.90 Å². The lowest BCUT2D eigenvalue weighted by Crippen LogP contribution is -2.32. The van der Waals surface area contributed by atoms with Crippen molar-refractivity contribution in [1.29, 1.82) is 5.26 Å². The first kappa shape index (κ1) is 22.4. The lowest BCUT2D eigenvalue weighted by atomic mass is 10.2. The van der Waals surface area contributed by atoms with Crippen molar-refractivity contribution in [3.63, 3.8) is 0 Å². The van der Waals surface area contributed by atoms with Crippen LogP contribution in [0.5, 0.6) is 0 Å².